The van der Waals surface area contributed by atoms with Gasteiger partial charge in [0.25, 0.3) is 0 Å². The molecule has 0 aliphatic heterocycles. The second kappa shape index (κ2) is 4.34. The maximum Gasteiger partial charge on any atom is 0.168 e. The fraction of sp³-hybridized carbons (Fsp3) is 0.250. The molecule has 0 unspecified atom stereocenters. The molecule has 102 valence electrons. The molecule has 0 aliphatic rings. The summed E-state index contributed by atoms with van der Waals surface area (Å²) in [6, 6.07) is 8.25. The average molecular weight is 267 g/mol. The van der Waals surface area contributed by atoms with Gasteiger partial charge < -0.3 is 9.47 Å². The highest BCUT2D eigenvalue weighted by Crippen LogP contribution is 2.32. The molecule has 0 fully saturated rings. The zero-order valence-electron chi connectivity index (χ0n) is 12.1. The van der Waals surface area contributed by atoms with Gasteiger partial charge >= 0.3 is 0 Å². The van der Waals surface area contributed by atoms with Crippen LogP contribution in [0.25, 0.3) is 21.8 Å². The minimum Gasteiger partial charge on any atom is -0.378 e. The van der Waals surface area contributed by atoms with Gasteiger partial charge in [0, 0.05) is 43.1 Å². The van der Waals surface area contributed by atoms with Crippen LogP contribution in [0, 0.1) is 6.92 Å². The predicted molar refractivity (Wildman–Crippen MR) is 82.7 cm³/mol. The van der Waals surface area contributed by atoms with Crippen LogP contribution in [0.5, 0.6) is 0 Å². The zero-order valence-corrected chi connectivity index (χ0v) is 12.1. The van der Waals surface area contributed by atoms with E-state index in [0.717, 1.165) is 39.5 Å². The quantitative estimate of drug-likeness (QED) is 0.670. The van der Waals surface area contributed by atoms with Crippen molar-refractivity contribution in [2.45, 2.75) is 6.92 Å². The molecule has 4 nitrogen and oxygen atoms in total. The number of nitrogens with zero attached hydrogens (tertiary/aromatic N) is 3. The Morgan fingerprint density at radius 3 is 2.60 bits per heavy atom. The Balaban J connectivity index is 2.49. The first kappa shape index (κ1) is 12.7. The van der Waals surface area contributed by atoms with Gasteiger partial charge in [-0.1, -0.05) is 0 Å². The number of rotatable bonds is 2. The number of benzene rings is 1. The van der Waals surface area contributed by atoms with E-state index in [1.165, 1.54) is 0 Å². The minimum absolute atomic E-state index is 0.484. The van der Waals surface area contributed by atoms with Gasteiger partial charge in [0.15, 0.2) is 6.29 Å². The van der Waals surface area contributed by atoms with Crippen LogP contribution in [0.3, 0.4) is 0 Å². The lowest BCUT2D eigenvalue weighted by molar-refractivity contribution is 0.111. The normalized spacial score (nSPS) is 11.2. The third-order valence-corrected chi connectivity index (χ3v) is 3.79. The van der Waals surface area contributed by atoms with E-state index in [2.05, 4.69) is 32.7 Å². The lowest BCUT2D eigenvalue weighted by Gasteiger charge is -2.12. The number of carbonyl (C=O) groups is 1. The number of hydrogen-bond acceptors (Lipinski definition) is 3. The minimum atomic E-state index is 0.484. The molecule has 4 heteroatoms. The van der Waals surface area contributed by atoms with Gasteiger partial charge in [-0.15, -0.1) is 0 Å². The molecule has 0 radical (unpaired) electrons. The van der Waals surface area contributed by atoms with E-state index in [9.17, 15) is 4.79 Å². The number of aryl methyl sites for hydroxylation is 2. The van der Waals surface area contributed by atoms with Crippen LogP contribution in [0.15, 0.2) is 24.3 Å². The fourth-order valence-electron chi connectivity index (χ4n) is 2.81. The molecule has 3 rings (SSSR count). The number of hydrogen-bond donors (Lipinski definition) is 0. The Morgan fingerprint density at radius 1 is 1.20 bits per heavy atom. The number of aromatic nitrogens is 2. The van der Waals surface area contributed by atoms with Crippen molar-refractivity contribution in [3.05, 3.63) is 35.7 Å². The van der Waals surface area contributed by atoms with Crippen molar-refractivity contribution >= 4 is 33.8 Å². The lowest BCUT2D eigenvalue weighted by Crippen LogP contribution is -2.08. The van der Waals surface area contributed by atoms with Crippen molar-refractivity contribution in [3.63, 3.8) is 0 Å². The summed E-state index contributed by atoms with van der Waals surface area (Å²) in [5.74, 6) is 0. The molecule has 0 N–H and O–H groups in total. The summed E-state index contributed by atoms with van der Waals surface area (Å²) in [6.45, 7) is 1.95. The fourth-order valence-corrected chi connectivity index (χ4v) is 2.81. The Bertz CT molecular complexity index is 831. The Hall–Kier alpha value is -2.36. The number of aldehydes is 1. The van der Waals surface area contributed by atoms with Gasteiger partial charge in [-0.2, -0.15) is 0 Å². The van der Waals surface area contributed by atoms with Gasteiger partial charge in [0.05, 0.1) is 11.2 Å². The molecule has 0 amide bonds. The van der Waals surface area contributed by atoms with Crippen LogP contribution < -0.4 is 4.90 Å². The third-order valence-electron chi connectivity index (χ3n) is 3.79. The summed E-state index contributed by atoms with van der Waals surface area (Å²) in [5, 5.41) is 2.24. The lowest BCUT2D eigenvalue weighted by atomic mass is 10.1. The van der Waals surface area contributed by atoms with Crippen LogP contribution in [0.2, 0.25) is 0 Å². The third kappa shape index (κ3) is 1.68. The molecule has 0 aliphatic carbocycles. The molecule has 0 atom stereocenters. The van der Waals surface area contributed by atoms with E-state index < -0.39 is 0 Å². The molecule has 0 bridgehead atoms. The summed E-state index contributed by atoms with van der Waals surface area (Å²) in [5.41, 5.74) is 4.75. The van der Waals surface area contributed by atoms with E-state index in [1.807, 2.05) is 34.1 Å². The molecule has 3 aromatic rings. The van der Waals surface area contributed by atoms with Crippen LogP contribution in [0.4, 0.5) is 5.69 Å². The van der Waals surface area contributed by atoms with E-state index >= 15 is 0 Å². The highest BCUT2D eigenvalue weighted by molar-refractivity contribution is 6.10. The SMILES string of the molecule is Cc1nc(C=O)cc2c3cc(N(C)C)ccc3n(C)c12. The molecule has 20 heavy (non-hydrogen) atoms. The first-order valence-electron chi connectivity index (χ1n) is 6.55. The van der Waals surface area contributed by atoms with Crippen molar-refractivity contribution in [2.24, 2.45) is 7.05 Å². The maximum atomic E-state index is 11.0. The summed E-state index contributed by atoms with van der Waals surface area (Å²) in [7, 11) is 6.08. The Labute approximate surface area is 117 Å². The molecule has 0 saturated heterocycles. The van der Waals surface area contributed by atoms with Crippen molar-refractivity contribution in [3.8, 4) is 0 Å². The Kier molecular flexibility index (Phi) is 2.74. The van der Waals surface area contributed by atoms with E-state index in [0.29, 0.717) is 5.69 Å². The molecule has 0 saturated carbocycles. The van der Waals surface area contributed by atoms with E-state index in [4.69, 9.17) is 0 Å². The zero-order chi connectivity index (χ0) is 14.4. The number of anilines is 1. The van der Waals surface area contributed by atoms with Crippen molar-refractivity contribution in [1.82, 2.24) is 9.55 Å². The highest BCUT2D eigenvalue weighted by Gasteiger charge is 2.13. The van der Waals surface area contributed by atoms with Crippen molar-refractivity contribution in [1.29, 1.82) is 0 Å². The van der Waals surface area contributed by atoms with Crippen molar-refractivity contribution < 1.29 is 4.79 Å². The van der Waals surface area contributed by atoms with Crippen LogP contribution in [0.1, 0.15) is 16.2 Å². The molecule has 0 spiro atoms. The predicted octanol–water partition coefficient (Wildman–Crippen LogP) is 2.91. The smallest absolute Gasteiger partial charge is 0.168 e. The highest BCUT2D eigenvalue weighted by atomic mass is 16.1. The van der Waals surface area contributed by atoms with Crippen LogP contribution in [-0.2, 0) is 7.05 Å². The van der Waals surface area contributed by atoms with E-state index in [1.54, 1.807) is 0 Å². The van der Waals surface area contributed by atoms with Gasteiger partial charge in [0.2, 0.25) is 0 Å². The number of carbonyl (C=O) groups excluding carboxylic acids is 1. The van der Waals surface area contributed by atoms with Gasteiger partial charge in [-0.25, -0.2) is 4.98 Å². The summed E-state index contributed by atoms with van der Waals surface area (Å²) >= 11 is 0. The first-order chi connectivity index (χ1) is 9.52. The second-order valence-corrected chi connectivity index (χ2v) is 5.30. The van der Waals surface area contributed by atoms with Crippen LogP contribution in [-0.4, -0.2) is 29.9 Å². The maximum absolute atomic E-state index is 11.0. The second-order valence-electron chi connectivity index (χ2n) is 5.30. The van der Waals surface area contributed by atoms with Gasteiger partial charge in [-0.3, -0.25) is 4.79 Å². The molecule has 1 aromatic carbocycles. The monoisotopic (exact) mass is 267 g/mol. The molecular weight excluding hydrogens is 250 g/mol. The molecular formula is C16H17N3O. The largest absolute Gasteiger partial charge is 0.378 e. The topological polar surface area (TPSA) is 38.1 Å². The Morgan fingerprint density at radius 2 is 1.95 bits per heavy atom. The summed E-state index contributed by atoms with van der Waals surface area (Å²) < 4.78 is 2.14. The first-order valence-corrected chi connectivity index (χ1v) is 6.55. The number of fused-ring (bicyclic) bond motifs is 3. The summed E-state index contributed by atoms with van der Waals surface area (Å²) in [4.78, 5) is 17.5. The molecule has 2 heterocycles. The van der Waals surface area contributed by atoms with Gasteiger partial charge in [-0.05, 0) is 31.2 Å². The average Bonchev–Trinajstić information content (AvgIpc) is 2.72. The standard InChI is InChI=1S/C16H17N3O/c1-10-16-14(7-11(9-20)17-10)13-8-12(18(2)3)5-6-15(13)19(16)4/h5-9H,1-4H3. The van der Waals surface area contributed by atoms with Gasteiger partial charge in [0.1, 0.15) is 5.69 Å². The van der Waals surface area contributed by atoms with Crippen molar-refractivity contribution in [2.75, 3.05) is 19.0 Å². The summed E-state index contributed by atoms with van der Waals surface area (Å²) in [6.07, 6.45) is 0.807. The van der Waals surface area contributed by atoms with Crippen LogP contribution >= 0.6 is 0 Å². The number of pyridine rings is 1. The van der Waals surface area contributed by atoms with E-state index in [-0.39, 0.29) is 0 Å². The molecule has 2 aromatic heterocycles.